The molecule has 1 aliphatic carbocycles. The van der Waals surface area contributed by atoms with Crippen LogP contribution in [0.1, 0.15) is 24.7 Å². The summed E-state index contributed by atoms with van der Waals surface area (Å²) in [6, 6.07) is 4.96. The molecule has 0 unspecified atom stereocenters. The molecule has 3 rings (SSSR count). The summed E-state index contributed by atoms with van der Waals surface area (Å²) in [4.78, 5) is 16.0. The minimum Gasteiger partial charge on any atom is -0.378 e. The molecular formula is C17H20FN3O2. The first-order valence-corrected chi connectivity index (χ1v) is 7.78. The first-order chi connectivity index (χ1) is 11.1. The summed E-state index contributed by atoms with van der Waals surface area (Å²) in [5.74, 6) is 0.295. The number of benzene rings is 1. The molecule has 0 bridgehead atoms. The summed E-state index contributed by atoms with van der Waals surface area (Å²) in [5.41, 5.74) is 1.18. The Morgan fingerprint density at radius 1 is 1.52 bits per heavy atom. The number of carbonyl (C=O) groups is 1. The lowest BCUT2D eigenvalue weighted by Crippen LogP contribution is -2.26. The zero-order chi connectivity index (χ0) is 16.4. The maximum absolute atomic E-state index is 14.3. The molecule has 2 aromatic rings. The Balaban J connectivity index is 1.61. The lowest BCUT2D eigenvalue weighted by molar-refractivity contribution is -0.123. The number of hydrogen-bond acceptors (Lipinski definition) is 3. The van der Waals surface area contributed by atoms with Crippen LogP contribution in [0.4, 0.5) is 4.39 Å². The molecule has 5 nitrogen and oxygen atoms in total. The molecule has 1 aliphatic rings. The molecule has 122 valence electrons. The SMILES string of the molecule is CCO[C@@H]1C[C@H]1C(=O)NCc1ccc(-n2ccnc2C)c(F)c1. The van der Waals surface area contributed by atoms with Gasteiger partial charge in [0.2, 0.25) is 5.91 Å². The third kappa shape index (κ3) is 3.42. The highest BCUT2D eigenvalue weighted by Gasteiger charge is 2.43. The molecule has 1 aromatic carbocycles. The Hall–Kier alpha value is -2.21. The van der Waals surface area contributed by atoms with Crippen LogP contribution < -0.4 is 5.32 Å². The lowest BCUT2D eigenvalue weighted by atomic mass is 10.2. The Labute approximate surface area is 134 Å². The number of hydrogen-bond donors (Lipinski definition) is 1. The normalized spacial score (nSPS) is 19.6. The van der Waals surface area contributed by atoms with E-state index in [0.717, 1.165) is 17.8 Å². The van der Waals surface area contributed by atoms with Crippen molar-refractivity contribution >= 4 is 5.91 Å². The van der Waals surface area contributed by atoms with E-state index in [0.29, 0.717) is 18.8 Å². The molecule has 0 saturated heterocycles. The fraction of sp³-hybridized carbons (Fsp3) is 0.412. The number of amides is 1. The number of nitrogens with one attached hydrogen (secondary N) is 1. The largest absolute Gasteiger partial charge is 0.378 e. The number of aromatic nitrogens is 2. The fourth-order valence-corrected chi connectivity index (χ4v) is 2.65. The molecule has 0 aliphatic heterocycles. The van der Waals surface area contributed by atoms with Gasteiger partial charge in [-0.15, -0.1) is 0 Å². The smallest absolute Gasteiger partial charge is 0.226 e. The van der Waals surface area contributed by atoms with Gasteiger partial charge < -0.3 is 14.6 Å². The Kier molecular flexibility index (Phi) is 4.43. The molecule has 1 fully saturated rings. The molecule has 0 radical (unpaired) electrons. The summed E-state index contributed by atoms with van der Waals surface area (Å²) in [5, 5.41) is 2.84. The van der Waals surface area contributed by atoms with Crippen molar-refractivity contribution in [2.24, 2.45) is 5.92 Å². The zero-order valence-electron chi connectivity index (χ0n) is 13.3. The van der Waals surface area contributed by atoms with E-state index in [1.54, 1.807) is 23.0 Å². The monoisotopic (exact) mass is 317 g/mol. The molecular weight excluding hydrogens is 297 g/mol. The van der Waals surface area contributed by atoms with E-state index < -0.39 is 0 Å². The van der Waals surface area contributed by atoms with Gasteiger partial charge in [-0.2, -0.15) is 0 Å². The van der Waals surface area contributed by atoms with Crippen LogP contribution in [0, 0.1) is 18.7 Å². The van der Waals surface area contributed by atoms with Gasteiger partial charge in [-0.1, -0.05) is 6.07 Å². The van der Waals surface area contributed by atoms with Gasteiger partial charge in [0.05, 0.1) is 17.7 Å². The zero-order valence-corrected chi connectivity index (χ0v) is 13.3. The van der Waals surface area contributed by atoms with Crippen molar-refractivity contribution in [2.45, 2.75) is 32.9 Å². The second kappa shape index (κ2) is 6.50. The van der Waals surface area contributed by atoms with Gasteiger partial charge in [0, 0.05) is 25.5 Å². The van der Waals surface area contributed by atoms with Crippen molar-refractivity contribution < 1.29 is 13.9 Å². The van der Waals surface area contributed by atoms with E-state index in [-0.39, 0.29) is 23.7 Å². The van der Waals surface area contributed by atoms with Crippen molar-refractivity contribution in [1.29, 1.82) is 0 Å². The van der Waals surface area contributed by atoms with Crippen LogP contribution in [-0.4, -0.2) is 28.2 Å². The van der Waals surface area contributed by atoms with Crippen LogP contribution in [0.25, 0.3) is 5.69 Å². The molecule has 1 saturated carbocycles. The molecule has 2 atom stereocenters. The van der Waals surface area contributed by atoms with E-state index in [1.165, 1.54) is 6.07 Å². The Morgan fingerprint density at radius 2 is 2.35 bits per heavy atom. The van der Waals surface area contributed by atoms with Crippen LogP contribution in [0.5, 0.6) is 0 Å². The highest BCUT2D eigenvalue weighted by molar-refractivity contribution is 5.82. The van der Waals surface area contributed by atoms with Gasteiger partial charge in [-0.05, 0) is 38.0 Å². The fourth-order valence-electron chi connectivity index (χ4n) is 2.65. The average Bonchev–Trinajstić information content (AvgIpc) is 3.18. The maximum atomic E-state index is 14.3. The first-order valence-electron chi connectivity index (χ1n) is 7.78. The quantitative estimate of drug-likeness (QED) is 0.890. The van der Waals surface area contributed by atoms with Gasteiger partial charge in [0.15, 0.2) is 0 Å². The topological polar surface area (TPSA) is 56.1 Å². The number of nitrogens with zero attached hydrogens (tertiary/aromatic N) is 2. The Bertz CT molecular complexity index is 714. The van der Waals surface area contributed by atoms with Crippen LogP contribution in [0.2, 0.25) is 0 Å². The van der Waals surface area contributed by atoms with Crippen LogP contribution in [-0.2, 0) is 16.1 Å². The van der Waals surface area contributed by atoms with Crippen LogP contribution >= 0.6 is 0 Å². The molecule has 23 heavy (non-hydrogen) atoms. The summed E-state index contributed by atoms with van der Waals surface area (Å²) < 4.78 is 21.4. The van der Waals surface area contributed by atoms with Gasteiger partial charge >= 0.3 is 0 Å². The van der Waals surface area contributed by atoms with E-state index in [1.807, 2.05) is 19.9 Å². The predicted molar refractivity (Wildman–Crippen MR) is 83.6 cm³/mol. The first kappa shape index (κ1) is 15.7. The molecule has 1 heterocycles. The van der Waals surface area contributed by atoms with Crippen molar-refractivity contribution in [3.05, 3.63) is 47.8 Å². The van der Waals surface area contributed by atoms with Crippen LogP contribution in [0.15, 0.2) is 30.6 Å². The highest BCUT2D eigenvalue weighted by atomic mass is 19.1. The Morgan fingerprint density at radius 3 is 3.00 bits per heavy atom. The number of aryl methyl sites for hydroxylation is 1. The molecule has 0 spiro atoms. The summed E-state index contributed by atoms with van der Waals surface area (Å²) >= 11 is 0. The molecule has 6 heteroatoms. The number of carbonyl (C=O) groups excluding carboxylic acids is 1. The summed E-state index contributed by atoms with van der Waals surface area (Å²) in [6.45, 7) is 4.67. The minimum atomic E-state index is -0.337. The number of halogens is 1. The van der Waals surface area contributed by atoms with Gasteiger partial charge in [0.1, 0.15) is 11.6 Å². The number of imidazole rings is 1. The molecule has 1 aromatic heterocycles. The van der Waals surface area contributed by atoms with Crippen molar-refractivity contribution in [3.63, 3.8) is 0 Å². The average molecular weight is 317 g/mol. The maximum Gasteiger partial charge on any atom is 0.226 e. The summed E-state index contributed by atoms with van der Waals surface area (Å²) in [7, 11) is 0. The highest BCUT2D eigenvalue weighted by Crippen LogP contribution is 2.33. The second-order valence-corrected chi connectivity index (χ2v) is 5.68. The molecule has 1 N–H and O–H groups in total. The number of ether oxygens (including phenoxy) is 1. The summed E-state index contributed by atoms with van der Waals surface area (Å²) in [6.07, 6.45) is 4.17. The second-order valence-electron chi connectivity index (χ2n) is 5.68. The lowest BCUT2D eigenvalue weighted by Gasteiger charge is -2.09. The van der Waals surface area contributed by atoms with Crippen LogP contribution in [0.3, 0.4) is 0 Å². The number of rotatable bonds is 6. The molecule has 1 amide bonds. The van der Waals surface area contributed by atoms with E-state index in [4.69, 9.17) is 4.74 Å². The van der Waals surface area contributed by atoms with Gasteiger partial charge in [-0.25, -0.2) is 9.37 Å². The van der Waals surface area contributed by atoms with E-state index in [9.17, 15) is 9.18 Å². The van der Waals surface area contributed by atoms with Gasteiger partial charge in [-0.3, -0.25) is 4.79 Å². The van der Waals surface area contributed by atoms with Gasteiger partial charge in [0.25, 0.3) is 0 Å². The minimum absolute atomic E-state index is 0.0293. The third-order valence-corrected chi connectivity index (χ3v) is 4.01. The van der Waals surface area contributed by atoms with E-state index in [2.05, 4.69) is 10.3 Å². The van der Waals surface area contributed by atoms with Crippen molar-refractivity contribution in [2.75, 3.05) is 6.61 Å². The van der Waals surface area contributed by atoms with E-state index >= 15 is 0 Å². The third-order valence-electron chi connectivity index (χ3n) is 4.01. The standard InChI is InChI=1S/C17H20FN3O2/c1-3-23-16-9-13(16)17(22)20-10-12-4-5-15(14(18)8-12)21-7-6-19-11(21)2/h4-8,13,16H,3,9-10H2,1-2H3,(H,20,22)/t13-,16-/m1/s1. The van der Waals surface area contributed by atoms with Crippen molar-refractivity contribution in [3.8, 4) is 5.69 Å². The predicted octanol–water partition coefficient (Wildman–Crippen LogP) is 2.36. The van der Waals surface area contributed by atoms with Crippen molar-refractivity contribution in [1.82, 2.24) is 14.9 Å².